The second-order valence-electron chi connectivity index (χ2n) is 5.38. The lowest BCUT2D eigenvalue weighted by Crippen LogP contribution is -2.19. The van der Waals surface area contributed by atoms with Gasteiger partial charge in [-0.05, 0) is 37.7 Å². The molecular formula is C16H22O2. The average Bonchev–Trinajstić information content (AvgIpc) is 2.36. The zero-order valence-electron chi connectivity index (χ0n) is 11.4. The molecular weight excluding hydrogens is 224 g/mol. The van der Waals surface area contributed by atoms with Crippen molar-refractivity contribution in [3.63, 3.8) is 0 Å². The molecule has 0 aliphatic heterocycles. The van der Waals surface area contributed by atoms with Gasteiger partial charge in [0.25, 0.3) is 0 Å². The number of methoxy groups -OCH3 is 1. The van der Waals surface area contributed by atoms with E-state index < -0.39 is 6.10 Å². The molecule has 98 valence electrons. The van der Waals surface area contributed by atoms with Crippen LogP contribution >= 0.6 is 0 Å². The van der Waals surface area contributed by atoms with Crippen molar-refractivity contribution in [2.75, 3.05) is 7.11 Å². The number of aliphatic hydroxyl groups is 1. The molecule has 1 aromatic rings. The van der Waals surface area contributed by atoms with Crippen LogP contribution in [0.1, 0.15) is 38.4 Å². The minimum Gasteiger partial charge on any atom is -0.496 e. The normalized spacial score (nSPS) is 25.4. The van der Waals surface area contributed by atoms with Crippen molar-refractivity contribution in [1.82, 2.24) is 0 Å². The largest absolute Gasteiger partial charge is 0.496 e. The van der Waals surface area contributed by atoms with Crippen LogP contribution in [0, 0.1) is 11.8 Å². The minimum absolute atomic E-state index is 0.293. The fourth-order valence-corrected chi connectivity index (χ4v) is 3.00. The van der Waals surface area contributed by atoms with Crippen molar-refractivity contribution in [2.45, 2.75) is 32.8 Å². The summed E-state index contributed by atoms with van der Waals surface area (Å²) in [6, 6.07) is 7.76. The lowest BCUT2D eigenvalue weighted by atomic mass is 9.78. The summed E-state index contributed by atoms with van der Waals surface area (Å²) in [6.45, 7) is 4.36. The Bertz CT molecular complexity index is 436. The molecule has 1 N–H and O–H groups in total. The van der Waals surface area contributed by atoms with E-state index in [4.69, 9.17) is 4.74 Å². The summed E-state index contributed by atoms with van der Waals surface area (Å²) in [5.74, 6) is 1.62. The van der Waals surface area contributed by atoms with Gasteiger partial charge >= 0.3 is 0 Å². The van der Waals surface area contributed by atoms with Gasteiger partial charge in [0.1, 0.15) is 5.75 Å². The van der Waals surface area contributed by atoms with Gasteiger partial charge in [0, 0.05) is 5.56 Å². The van der Waals surface area contributed by atoms with Crippen molar-refractivity contribution in [3.05, 3.63) is 41.5 Å². The van der Waals surface area contributed by atoms with Gasteiger partial charge in [-0.2, -0.15) is 0 Å². The van der Waals surface area contributed by atoms with E-state index in [-0.39, 0.29) is 0 Å². The number of hydrogen-bond donors (Lipinski definition) is 1. The summed E-state index contributed by atoms with van der Waals surface area (Å²) in [7, 11) is 1.65. The lowest BCUT2D eigenvalue weighted by molar-refractivity contribution is 0.0907. The van der Waals surface area contributed by atoms with E-state index in [0.717, 1.165) is 24.2 Å². The monoisotopic (exact) mass is 246 g/mol. The maximum atomic E-state index is 10.6. The molecule has 0 fully saturated rings. The molecule has 0 bridgehead atoms. The molecule has 2 rings (SSSR count). The second-order valence-corrected chi connectivity index (χ2v) is 5.38. The highest BCUT2D eigenvalue weighted by Gasteiger charge is 2.27. The molecule has 3 atom stereocenters. The number of ether oxygens (including phenoxy) is 1. The summed E-state index contributed by atoms with van der Waals surface area (Å²) in [4.78, 5) is 0. The van der Waals surface area contributed by atoms with E-state index in [9.17, 15) is 5.11 Å². The maximum absolute atomic E-state index is 10.6. The summed E-state index contributed by atoms with van der Waals surface area (Å²) < 4.78 is 5.34. The predicted molar refractivity (Wildman–Crippen MR) is 73.6 cm³/mol. The van der Waals surface area contributed by atoms with Gasteiger partial charge < -0.3 is 9.84 Å². The van der Waals surface area contributed by atoms with Crippen LogP contribution in [0.25, 0.3) is 0 Å². The van der Waals surface area contributed by atoms with Gasteiger partial charge in [0.05, 0.1) is 13.2 Å². The Kier molecular flexibility index (Phi) is 4.07. The topological polar surface area (TPSA) is 29.5 Å². The lowest BCUT2D eigenvalue weighted by Gasteiger charge is -2.30. The fourth-order valence-electron chi connectivity index (χ4n) is 3.00. The van der Waals surface area contributed by atoms with Crippen molar-refractivity contribution in [3.8, 4) is 5.75 Å². The molecule has 18 heavy (non-hydrogen) atoms. The molecule has 0 radical (unpaired) electrons. The Morgan fingerprint density at radius 3 is 2.72 bits per heavy atom. The third-order valence-corrected chi connectivity index (χ3v) is 3.73. The van der Waals surface area contributed by atoms with Gasteiger partial charge in [-0.1, -0.05) is 36.8 Å². The Hall–Kier alpha value is -1.28. The van der Waals surface area contributed by atoms with Crippen LogP contribution < -0.4 is 4.74 Å². The average molecular weight is 246 g/mol. The van der Waals surface area contributed by atoms with Gasteiger partial charge in [-0.15, -0.1) is 0 Å². The Morgan fingerprint density at radius 2 is 2.06 bits per heavy atom. The fraction of sp³-hybridized carbons (Fsp3) is 0.500. The quantitative estimate of drug-likeness (QED) is 0.824. The molecule has 0 saturated heterocycles. The predicted octanol–water partition coefficient (Wildman–Crippen LogP) is 3.72. The Labute approximate surface area is 109 Å². The van der Waals surface area contributed by atoms with Crippen LogP contribution in [0.5, 0.6) is 5.75 Å². The van der Waals surface area contributed by atoms with E-state index in [2.05, 4.69) is 19.9 Å². The molecule has 2 heteroatoms. The maximum Gasteiger partial charge on any atom is 0.124 e. The SMILES string of the molecule is COc1ccccc1C(O)C1CC(C)=CC(C)C1. The van der Waals surface area contributed by atoms with Crippen LogP contribution in [-0.4, -0.2) is 12.2 Å². The van der Waals surface area contributed by atoms with Gasteiger partial charge in [-0.25, -0.2) is 0 Å². The first-order valence-corrected chi connectivity index (χ1v) is 6.60. The molecule has 2 nitrogen and oxygen atoms in total. The first-order chi connectivity index (χ1) is 8.61. The Balaban J connectivity index is 2.21. The van der Waals surface area contributed by atoms with E-state index in [1.54, 1.807) is 7.11 Å². The van der Waals surface area contributed by atoms with Gasteiger partial charge in [-0.3, -0.25) is 0 Å². The summed E-state index contributed by atoms with van der Waals surface area (Å²) >= 11 is 0. The molecule has 0 heterocycles. The minimum atomic E-state index is -0.438. The first kappa shape index (κ1) is 13.2. The zero-order chi connectivity index (χ0) is 13.1. The molecule has 0 amide bonds. The van der Waals surface area contributed by atoms with E-state index in [1.807, 2.05) is 24.3 Å². The standard InChI is InChI=1S/C16H22O2/c1-11-8-12(2)10-13(9-11)16(17)14-6-4-5-7-15(14)18-3/h4-8,11,13,16-17H,9-10H2,1-3H3. The number of allylic oxidation sites excluding steroid dienone is 2. The van der Waals surface area contributed by atoms with Gasteiger partial charge in [0.15, 0.2) is 0 Å². The van der Waals surface area contributed by atoms with Gasteiger partial charge in [0.2, 0.25) is 0 Å². The molecule has 0 saturated carbocycles. The van der Waals surface area contributed by atoms with Crippen molar-refractivity contribution in [2.24, 2.45) is 11.8 Å². The van der Waals surface area contributed by atoms with E-state index >= 15 is 0 Å². The van der Waals surface area contributed by atoms with Crippen LogP contribution in [0.15, 0.2) is 35.9 Å². The smallest absolute Gasteiger partial charge is 0.124 e. The molecule has 0 aromatic heterocycles. The first-order valence-electron chi connectivity index (χ1n) is 6.60. The van der Waals surface area contributed by atoms with Crippen molar-refractivity contribution in [1.29, 1.82) is 0 Å². The van der Waals surface area contributed by atoms with Crippen LogP contribution in [0.3, 0.4) is 0 Å². The highest BCUT2D eigenvalue weighted by atomic mass is 16.5. The number of hydrogen-bond acceptors (Lipinski definition) is 2. The van der Waals surface area contributed by atoms with E-state index in [1.165, 1.54) is 5.57 Å². The second kappa shape index (κ2) is 5.57. The molecule has 3 unspecified atom stereocenters. The van der Waals surface area contributed by atoms with Crippen LogP contribution in [0.4, 0.5) is 0 Å². The summed E-state index contributed by atoms with van der Waals surface area (Å²) in [5, 5.41) is 10.6. The highest BCUT2D eigenvalue weighted by Crippen LogP contribution is 2.39. The third-order valence-electron chi connectivity index (χ3n) is 3.73. The Morgan fingerprint density at radius 1 is 1.33 bits per heavy atom. The summed E-state index contributed by atoms with van der Waals surface area (Å²) in [6.07, 6.45) is 3.89. The zero-order valence-corrected chi connectivity index (χ0v) is 11.4. The molecule has 1 aliphatic carbocycles. The highest BCUT2D eigenvalue weighted by molar-refractivity contribution is 5.35. The third kappa shape index (κ3) is 2.75. The summed E-state index contributed by atoms with van der Waals surface area (Å²) in [5.41, 5.74) is 2.29. The number of para-hydroxylation sites is 1. The van der Waals surface area contributed by atoms with Crippen molar-refractivity contribution < 1.29 is 9.84 Å². The van der Waals surface area contributed by atoms with Crippen LogP contribution in [-0.2, 0) is 0 Å². The number of aliphatic hydroxyl groups excluding tert-OH is 1. The van der Waals surface area contributed by atoms with Crippen LogP contribution in [0.2, 0.25) is 0 Å². The number of rotatable bonds is 3. The molecule has 1 aromatic carbocycles. The number of benzene rings is 1. The molecule has 1 aliphatic rings. The molecule has 0 spiro atoms. The van der Waals surface area contributed by atoms with Crippen molar-refractivity contribution >= 4 is 0 Å². The van der Waals surface area contributed by atoms with E-state index in [0.29, 0.717) is 11.8 Å².